The number of unbranched alkanes of at least 4 members (excludes halogenated alkanes) is 2. The Hall–Kier alpha value is -1.34. The van der Waals surface area contributed by atoms with Gasteiger partial charge in [0.25, 0.3) is 0 Å². The first-order valence-electron chi connectivity index (χ1n) is 10.7. The summed E-state index contributed by atoms with van der Waals surface area (Å²) >= 11 is 0. The van der Waals surface area contributed by atoms with Crippen molar-refractivity contribution in [2.45, 2.75) is 73.6 Å². The summed E-state index contributed by atoms with van der Waals surface area (Å²) in [7, 11) is 0. The van der Waals surface area contributed by atoms with E-state index in [4.69, 9.17) is 0 Å². The summed E-state index contributed by atoms with van der Waals surface area (Å²) in [5.74, 6) is 0. The summed E-state index contributed by atoms with van der Waals surface area (Å²) in [6.07, 6.45) is 9.68. The zero-order valence-corrected chi connectivity index (χ0v) is 22.6. The van der Waals surface area contributed by atoms with Gasteiger partial charge < -0.3 is 0 Å². The van der Waals surface area contributed by atoms with Crippen molar-refractivity contribution in [3.8, 4) is 0 Å². The van der Waals surface area contributed by atoms with Gasteiger partial charge in [-0.2, -0.15) is 33.4 Å². The van der Waals surface area contributed by atoms with E-state index < -0.39 is 0 Å². The third kappa shape index (κ3) is 5.23. The number of allylic oxidation sites excluding steroid dienone is 2. The Labute approximate surface area is 196 Å². The quantitative estimate of drug-likeness (QED) is 0.175. The molecule has 29 heavy (non-hydrogen) atoms. The van der Waals surface area contributed by atoms with Gasteiger partial charge in [-0.05, 0) is 10.8 Å². The SMILES string of the molecule is CCCCCC1=[C-]Cc2cc3ccccc3cc21.Cc1c(C)c(C)[c-](C)c1C.[Hf]. The van der Waals surface area contributed by atoms with Crippen LogP contribution < -0.4 is 0 Å². The molecule has 0 atom stereocenters. The number of benzene rings is 2. The Morgan fingerprint density at radius 3 is 2.00 bits per heavy atom. The summed E-state index contributed by atoms with van der Waals surface area (Å²) in [6.45, 7) is 13.3. The van der Waals surface area contributed by atoms with Crippen molar-refractivity contribution in [1.82, 2.24) is 0 Å². The second-order valence-corrected chi connectivity index (χ2v) is 8.27. The van der Waals surface area contributed by atoms with Gasteiger partial charge >= 0.3 is 0 Å². The molecule has 0 heterocycles. The van der Waals surface area contributed by atoms with Crippen LogP contribution in [0.5, 0.6) is 0 Å². The minimum Gasteiger partial charge on any atom is -0.268 e. The van der Waals surface area contributed by atoms with Crippen LogP contribution in [0.1, 0.15) is 71.6 Å². The van der Waals surface area contributed by atoms with E-state index in [1.807, 2.05) is 0 Å². The second-order valence-electron chi connectivity index (χ2n) is 8.27. The molecule has 0 saturated carbocycles. The van der Waals surface area contributed by atoms with Crippen LogP contribution in [0.15, 0.2) is 36.4 Å². The van der Waals surface area contributed by atoms with Gasteiger partial charge in [0, 0.05) is 25.8 Å². The molecule has 0 aromatic heterocycles. The van der Waals surface area contributed by atoms with E-state index in [1.54, 1.807) is 0 Å². The van der Waals surface area contributed by atoms with E-state index in [2.05, 4.69) is 84.0 Å². The molecule has 0 nitrogen and oxygen atoms in total. The van der Waals surface area contributed by atoms with Crippen LogP contribution >= 0.6 is 0 Å². The van der Waals surface area contributed by atoms with E-state index >= 15 is 0 Å². The maximum Gasteiger partial charge on any atom is 0 e. The fourth-order valence-electron chi connectivity index (χ4n) is 4.19. The minimum atomic E-state index is 0. The van der Waals surface area contributed by atoms with Gasteiger partial charge in [-0.3, -0.25) is 6.08 Å². The van der Waals surface area contributed by atoms with Crippen LogP contribution in [0.3, 0.4) is 0 Å². The maximum absolute atomic E-state index is 3.57. The van der Waals surface area contributed by atoms with E-state index in [0.29, 0.717) is 0 Å². The van der Waals surface area contributed by atoms with Crippen LogP contribution in [0.25, 0.3) is 16.3 Å². The molecule has 0 N–H and O–H groups in total. The van der Waals surface area contributed by atoms with Gasteiger partial charge in [0.1, 0.15) is 0 Å². The Morgan fingerprint density at radius 2 is 1.48 bits per heavy atom. The number of hydrogen-bond acceptors (Lipinski definition) is 0. The van der Waals surface area contributed by atoms with Crippen LogP contribution in [0, 0.1) is 40.7 Å². The zero-order chi connectivity index (χ0) is 20.3. The van der Waals surface area contributed by atoms with Crippen molar-refractivity contribution in [2.75, 3.05) is 0 Å². The van der Waals surface area contributed by atoms with Crippen LogP contribution in [0.4, 0.5) is 0 Å². The average molecular weight is 549 g/mol. The Morgan fingerprint density at radius 1 is 0.897 bits per heavy atom. The van der Waals surface area contributed by atoms with E-state index in [9.17, 15) is 0 Å². The number of fused-ring (bicyclic) bond motifs is 2. The van der Waals surface area contributed by atoms with Crippen LogP contribution in [-0.4, -0.2) is 0 Å². The van der Waals surface area contributed by atoms with Crippen LogP contribution in [-0.2, 0) is 32.3 Å². The van der Waals surface area contributed by atoms with Gasteiger partial charge in [0.15, 0.2) is 0 Å². The van der Waals surface area contributed by atoms with Crippen molar-refractivity contribution in [2.24, 2.45) is 0 Å². The second kappa shape index (κ2) is 10.6. The first kappa shape index (κ1) is 23.9. The molecule has 0 fully saturated rings. The van der Waals surface area contributed by atoms with Gasteiger partial charge in [-0.1, -0.05) is 97.6 Å². The molecule has 1 heteroatoms. The number of rotatable bonds is 4. The third-order valence-electron chi connectivity index (χ3n) is 6.63. The molecule has 0 unspecified atom stereocenters. The molecular formula is C28H34Hf-2. The summed E-state index contributed by atoms with van der Waals surface area (Å²) in [4.78, 5) is 0. The first-order valence-corrected chi connectivity index (χ1v) is 10.7. The van der Waals surface area contributed by atoms with Crippen molar-refractivity contribution < 1.29 is 25.8 Å². The monoisotopic (exact) mass is 550 g/mol. The molecule has 152 valence electrons. The normalized spacial score (nSPS) is 12.1. The van der Waals surface area contributed by atoms with Crippen molar-refractivity contribution in [1.29, 1.82) is 0 Å². The molecule has 0 spiro atoms. The van der Waals surface area contributed by atoms with Gasteiger partial charge in [-0.15, -0.1) is 18.1 Å². The molecule has 0 radical (unpaired) electrons. The van der Waals surface area contributed by atoms with E-state index in [-0.39, 0.29) is 25.8 Å². The predicted octanol–water partition coefficient (Wildman–Crippen LogP) is 8.11. The molecule has 0 bridgehead atoms. The van der Waals surface area contributed by atoms with Gasteiger partial charge in [0.2, 0.25) is 0 Å². The summed E-state index contributed by atoms with van der Waals surface area (Å²) < 4.78 is 0. The largest absolute Gasteiger partial charge is 0.268 e. The van der Waals surface area contributed by atoms with E-state index in [1.165, 1.54) is 81.0 Å². The fourth-order valence-corrected chi connectivity index (χ4v) is 4.19. The van der Waals surface area contributed by atoms with Crippen molar-refractivity contribution in [3.63, 3.8) is 0 Å². The molecular weight excluding hydrogens is 515 g/mol. The summed E-state index contributed by atoms with van der Waals surface area (Å²) in [6, 6.07) is 13.3. The molecule has 3 aromatic carbocycles. The molecule has 0 saturated heterocycles. The maximum atomic E-state index is 3.57. The zero-order valence-electron chi connectivity index (χ0n) is 19.0. The third-order valence-corrected chi connectivity index (χ3v) is 6.63. The molecule has 0 aliphatic heterocycles. The Kier molecular flexibility index (Phi) is 8.76. The standard InChI is InChI=1S/C18H19.C10H15.Hf/c1-2-3-4-7-14-10-11-17-12-15-8-5-6-9-16(15)13-18(14)17;1-6-7(2)9(4)10(5)8(6)3;/h5-6,8-9,12-13H,2-4,7,11H2,1H3;1-5H3;/q2*-1;. The van der Waals surface area contributed by atoms with Crippen molar-refractivity contribution in [3.05, 3.63) is 81.4 Å². The summed E-state index contributed by atoms with van der Waals surface area (Å²) in [5.41, 5.74) is 11.7. The molecule has 1 aliphatic carbocycles. The average Bonchev–Trinajstić information content (AvgIpc) is 3.18. The van der Waals surface area contributed by atoms with Gasteiger partial charge in [-0.25, -0.2) is 5.57 Å². The molecule has 1 aliphatic rings. The van der Waals surface area contributed by atoms with Gasteiger partial charge in [0.05, 0.1) is 0 Å². The molecule has 0 amide bonds. The van der Waals surface area contributed by atoms with E-state index in [0.717, 1.165) is 6.42 Å². The van der Waals surface area contributed by atoms with Crippen molar-refractivity contribution >= 4 is 16.3 Å². The summed E-state index contributed by atoms with van der Waals surface area (Å²) in [5, 5.41) is 2.71. The smallest absolute Gasteiger partial charge is 0 e. The molecule has 4 rings (SSSR count). The number of hydrogen-bond donors (Lipinski definition) is 0. The Bertz CT molecular complexity index is 921. The van der Waals surface area contributed by atoms with Crippen LogP contribution in [0.2, 0.25) is 0 Å². The Balaban J connectivity index is 0.000000234. The topological polar surface area (TPSA) is 0 Å². The predicted molar refractivity (Wildman–Crippen MR) is 124 cm³/mol. The first-order chi connectivity index (χ1) is 13.4. The minimum absolute atomic E-state index is 0. The molecule has 3 aromatic rings. The fraction of sp³-hybridized carbons (Fsp3) is 0.393.